The van der Waals surface area contributed by atoms with Crippen molar-refractivity contribution in [3.8, 4) is 27.9 Å². The molecule has 0 aliphatic carbocycles. The number of anilines is 5. The first-order chi connectivity index (χ1) is 40.6. The second kappa shape index (κ2) is 19.1. The molecule has 0 amide bonds. The van der Waals surface area contributed by atoms with Gasteiger partial charge in [0.05, 0.1) is 22.1 Å². The van der Waals surface area contributed by atoms with E-state index in [4.69, 9.17) is 4.42 Å². The minimum absolute atomic E-state index is 0.0204. The fourth-order valence-electron chi connectivity index (χ4n) is 13.3. The van der Waals surface area contributed by atoms with Gasteiger partial charge in [-0.25, -0.2) is 0 Å². The summed E-state index contributed by atoms with van der Waals surface area (Å²) in [5.41, 5.74) is 22.4. The van der Waals surface area contributed by atoms with E-state index < -0.39 is 0 Å². The van der Waals surface area contributed by atoms with E-state index in [-0.39, 0.29) is 21.7 Å². The van der Waals surface area contributed by atoms with Crippen LogP contribution in [0, 0.1) is 0 Å². The van der Waals surface area contributed by atoms with E-state index in [1.807, 2.05) is 22.7 Å². The molecule has 7 heteroatoms. The number of hydrogen-bond acceptors (Lipinski definition) is 5. The predicted octanol–water partition coefficient (Wildman–Crippen LogP) is 21.7. The van der Waals surface area contributed by atoms with Gasteiger partial charge in [0.1, 0.15) is 11.2 Å². The third kappa shape index (κ3) is 8.82. The number of nitrogens with zero attached hydrogens (tertiary/aromatic N) is 2. The lowest BCUT2D eigenvalue weighted by Crippen LogP contribution is -2.35. The molecule has 0 radical (unpaired) electrons. The Hall–Kier alpha value is -8.36. The van der Waals surface area contributed by atoms with Crippen LogP contribution < -0.4 is 20.5 Å². The van der Waals surface area contributed by atoms with Gasteiger partial charge in [-0.15, -0.1) is 22.7 Å². The third-order valence-electron chi connectivity index (χ3n) is 18.0. The number of rotatable bonds is 7. The zero-order valence-corrected chi connectivity index (χ0v) is 52.4. The van der Waals surface area contributed by atoms with Gasteiger partial charge in [0.15, 0.2) is 0 Å². The van der Waals surface area contributed by atoms with Gasteiger partial charge in [-0.05, 0) is 168 Å². The summed E-state index contributed by atoms with van der Waals surface area (Å²) in [6, 6.07) is 73.5. The van der Waals surface area contributed by atoms with Crippen LogP contribution in [0.1, 0.15) is 105 Å². The molecule has 1 aliphatic heterocycles. The largest absolute Gasteiger partial charge is 0.455 e. The minimum Gasteiger partial charge on any atom is -0.455 e. The number of para-hydroxylation sites is 1. The molecule has 4 nitrogen and oxygen atoms in total. The van der Waals surface area contributed by atoms with Gasteiger partial charge in [0.2, 0.25) is 7.28 Å². The molecule has 1 N–H and O–H groups in total. The van der Waals surface area contributed by atoms with Crippen molar-refractivity contribution in [2.75, 3.05) is 10.2 Å². The van der Waals surface area contributed by atoms with Gasteiger partial charge >= 0.3 is 0 Å². The van der Waals surface area contributed by atoms with E-state index in [1.54, 1.807) is 0 Å². The van der Waals surface area contributed by atoms with E-state index in [9.17, 15) is 0 Å². The monoisotopic (exact) mass is 1140 g/mol. The first-order valence-electron chi connectivity index (χ1n) is 30.1. The van der Waals surface area contributed by atoms with Crippen LogP contribution in [0.2, 0.25) is 0 Å². The Morgan fingerprint density at radius 3 is 1.68 bits per heavy atom. The Labute approximate surface area is 507 Å². The molecule has 1 aliphatic rings. The summed E-state index contributed by atoms with van der Waals surface area (Å²) in [5, 5.41) is 12.5. The van der Waals surface area contributed by atoms with Gasteiger partial charge in [-0.2, -0.15) is 0 Å². The fourth-order valence-corrected chi connectivity index (χ4v) is 15.6. The summed E-state index contributed by atoms with van der Waals surface area (Å²) < 4.78 is 15.2. The van der Waals surface area contributed by atoms with Crippen LogP contribution >= 0.6 is 22.7 Å². The molecule has 0 bridgehead atoms. The first kappa shape index (κ1) is 53.4. The molecule has 0 spiro atoms. The van der Waals surface area contributed by atoms with Crippen molar-refractivity contribution in [3.63, 3.8) is 0 Å². The molecule has 85 heavy (non-hydrogen) atoms. The summed E-state index contributed by atoms with van der Waals surface area (Å²) in [5.74, 6) is 0. The highest BCUT2D eigenvalue weighted by molar-refractivity contribution is 7.29. The molecule has 0 fully saturated rings. The lowest BCUT2D eigenvalue weighted by atomic mass is 9.62. The standard InChI is InChI=1S/C78H70BN3OS2/c1-75(2,3)47-23-30-51(31-24-47)80-61-44-66-57(56-42-54(36-39-64(56)84-66)81(52-32-25-48(26-33-52)76(4,5)6)53-34-27-49(28-35-53)77(7,8)9)43-58(61)67-68-55-20-16-17-21-63(55)83-73(68)69-59-41-50(78(10,11)12)29-37-62(59)82-71-60-40-46(45-18-14-13-15-19-45)22-38-65(60)85-74(71)79-70(67)72(69)82/h13-44,79-80H,1-12H3. The van der Waals surface area contributed by atoms with Crippen LogP contribution in [0.3, 0.4) is 0 Å². The number of hydrogen-bond donors (Lipinski definition) is 1. The second-order valence-electron chi connectivity index (χ2n) is 27.9. The van der Waals surface area contributed by atoms with Gasteiger partial charge in [-0.1, -0.05) is 180 Å². The second-order valence-corrected chi connectivity index (χ2v) is 30.1. The molecule has 0 saturated carbocycles. The van der Waals surface area contributed by atoms with Gasteiger partial charge in [-0.3, -0.25) is 0 Å². The van der Waals surface area contributed by atoms with Crippen LogP contribution in [0.15, 0.2) is 199 Å². The predicted molar refractivity (Wildman–Crippen MR) is 373 cm³/mol. The molecule has 15 rings (SSSR count). The van der Waals surface area contributed by atoms with E-state index in [2.05, 4.69) is 292 Å². The smallest absolute Gasteiger partial charge is 0.211 e. The number of nitrogens with one attached hydrogen (secondary N) is 1. The van der Waals surface area contributed by atoms with Crippen molar-refractivity contribution in [2.24, 2.45) is 0 Å². The molecule has 4 aromatic heterocycles. The summed E-state index contributed by atoms with van der Waals surface area (Å²) in [6.45, 7) is 27.6. The Bertz CT molecular complexity index is 4950. The molecular formula is C78H70BN3OS2. The van der Waals surface area contributed by atoms with E-state index >= 15 is 0 Å². The van der Waals surface area contributed by atoms with Crippen LogP contribution in [0.4, 0.5) is 28.4 Å². The maximum Gasteiger partial charge on any atom is 0.211 e. The molecular weight excluding hydrogens is 1070 g/mol. The Balaban J connectivity index is 1.04. The highest BCUT2D eigenvalue weighted by atomic mass is 32.1. The lowest BCUT2D eigenvalue weighted by Gasteiger charge is -2.28. The number of thiophene rings is 2. The first-order valence-corrected chi connectivity index (χ1v) is 31.7. The SMILES string of the molecule is CC(C)(C)c1ccc(Nc2cc3sc4ccc(N(c5ccc(C(C)(C)C)cc5)c5ccc(C(C)(C)C)cc5)cc4c3cc2-c2c3c4c(c5cc(C(C)(C)C)ccc5n4-c4c(sc5ccc(-c6ccccc6)cc45)B3)c3oc4ccccc4c23)cc1. The summed E-state index contributed by atoms with van der Waals surface area (Å²) in [6.07, 6.45) is 0. The third-order valence-corrected chi connectivity index (χ3v) is 20.3. The van der Waals surface area contributed by atoms with Gasteiger partial charge < -0.3 is 19.2 Å². The molecule has 0 saturated heterocycles. The van der Waals surface area contributed by atoms with E-state index in [0.717, 1.165) is 63.2 Å². The van der Waals surface area contributed by atoms with Crippen molar-refractivity contribution in [1.29, 1.82) is 0 Å². The van der Waals surface area contributed by atoms with E-state index in [1.165, 1.54) is 107 Å². The van der Waals surface area contributed by atoms with Crippen LogP contribution in [-0.4, -0.2) is 11.8 Å². The normalized spacial score (nSPS) is 13.0. The maximum atomic E-state index is 7.42. The Kier molecular flexibility index (Phi) is 12.0. The molecule has 0 atom stereocenters. The Morgan fingerprint density at radius 1 is 0.447 bits per heavy atom. The molecule has 0 unspecified atom stereocenters. The lowest BCUT2D eigenvalue weighted by molar-refractivity contribution is 0.590. The number of furan rings is 1. The topological polar surface area (TPSA) is 33.3 Å². The Morgan fingerprint density at radius 2 is 1.02 bits per heavy atom. The van der Waals surface area contributed by atoms with Crippen molar-refractivity contribution in [2.45, 2.75) is 105 Å². The summed E-state index contributed by atoms with van der Waals surface area (Å²) in [7, 11) is 0.766. The molecule has 5 heterocycles. The van der Waals surface area contributed by atoms with Gasteiger partial charge in [0.25, 0.3) is 0 Å². The summed E-state index contributed by atoms with van der Waals surface area (Å²) in [4.78, 5) is 2.44. The minimum atomic E-state index is -0.0710. The molecule has 10 aromatic carbocycles. The van der Waals surface area contributed by atoms with Crippen molar-refractivity contribution in [1.82, 2.24) is 4.57 Å². The summed E-state index contributed by atoms with van der Waals surface area (Å²) >= 11 is 3.81. The highest BCUT2D eigenvalue weighted by Crippen LogP contribution is 2.51. The number of fused-ring (bicyclic) bond motifs is 14. The zero-order valence-electron chi connectivity index (χ0n) is 50.8. The number of benzene rings is 10. The van der Waals surface area contributed by atoms with Crippen molar-refractivity contribution < 1.29 is 4.42 Å². The van der Waals surface area contributed by atoms with Gasteiger partial charge in [0, 0.05) is 80.4 Å². The van der Waals surface area contributed by atoms with Crippen molar-refractivity contribution >= 4 is 143 Å². The maximum absolute atomic E-state index is 7.42. The average Bonchev–Trinajstić information content (AvgIpc) is 1.59. The van der Waals surface area contributed by atoms with E-state index in [0.29, 0.717) is 0 Å². The van der Waals surface area contributed by atoms with Crippen LogP contribution in [-0.2, 0) is 21.7 Å². The quantitative estimate of drug-likeness (QED) is 0.162. The van der Waals surface area contributed by atoms with Crippen LogP contribution in [0.25, 0.3) is 102 Å². The zero-order chi connectivity index (χ0) is 58.6. The highest BCUT2D eigenvalue weighted by Gasteiger charge is 2.35. The number of aromatic nitrogens is 1. The molecule has 14 aromatic rings. The molecule has 418 valence electrons. The van der Waals surface area contributed by atoms with Crippen molar-refractivity contribution in [3.05, 3.63) is 216 Å². The van der Waals surface area contributed by atoms with Crippen LogP contribution in [0.5, 0.6) is 0 Å². The fraction of sp³-hybridized carbons (Fsp3) is 0.205. The average molecular weight is 1140 g/mol.